The van der Waals surface area contributed by atoms with Crippen molar-refractivity contribution < 1.29 is 9.94 Å². The van der Waals surface area contributed by atoms with Crippen molar-refractivity contribution in [2.75, 3.05) is 7.11 Å². The molecule has 0 radical (unpaired) electrons. The molecule has 0 aliphatic heterocycles. The summed E-state index contributed by atoms with van der Waals surface area (Å²) < 4.78 is 5.53. The van der Waals surface area contributed by atoms with Gasteiger partial charge in [0.2, 0.25) is 0 Å². The smallest absolute Gasteiger partial charge is 0.131 e. The highest BCUT2D eigenvalue weighted by atomic mass is 16.5. The zero-order chi connectivity index (χ0) is 14.6. The molecule has 0 spiro atoms. The topological polar surface area (TPSA) is 41.8 Å². The van der Waals surface area contributed by atoms with E-state index in [0.29, 0.717) is 5.71 Å². The van der Waals surface area contributed by atoms with Crippen molar-refractivity contribution in [3.05, 3.63) is 60.2 Å². The van der Waals surface area contributed by atoms with Crippen molar-refractivity contribution in [1.29, 1.82) is 0 Å². The van der Waals surface area contributed by atoms with E-state index in [2.05, 4.69) is 17.3 Å². The first kappa shape index (κ1) is 14.3. The molecule has 104 valence electrons. The summed E-state index contributed by atoms with van der Waals surface area (Å²) in [5, 5.41) is 12.3. The van der Waals surface area contributed by atoms with E-state index in [-0.39, 0.29) is 0 Å². The van der Waals surface area contributed by atoms with E-state index in [4.69, 9.17) is 9.94 Å². The Hall–Kier alpha value is -2.13. The second-order valence-electron chi connectivity index (χ2n) is 4.87. The average Bonchev–Trinajstić information content (AvgIpc) is 2.54. The number of nitrogens with zero attached hydrogens (tertiary/aromatic N) is 1. The molecule has 2 aromatic rings. The molecule has 0 saturated carbocycles. The molecule has 0 aliphatic carbocycles. The highest BCUT2D eigenvalue weighted by molar-refractivity contribution is 5.90. The maximum absolute atomic E-state index is 9.00. The third-order valence-electron chi connectivity index (χ3n) is 3.79. The van der Waals surface area contributed by atoms with Crippen molar-refractivity contribution in [2.45, 2.75) is 19.4 Å². The van der Waals surface area contributed by atoms with Gasteiger partial charge in [0.1, 0.15) is 5.60 Å². The molecule has 0 fully saturated rings. The molecule has 0 bridgehead atoms. The zero-order valence-corrected chi connectivity index (χ0v) is 12.0. The zero-order valence-electron chi connectivity index (χ0n) is 12.0. The lowest BCUT2D eigenvalue weighted by molar-refractivity contribution is 0.0606. The van der Waals surface area contributed by atoms with Crippen LogP contribution in [0.25, 0.3) is 11.1 Å². The van der Waals surface area contributed by atoms with Gasteiger partial charge in [-0.25, -0.2) is 0 Å². The van der Waals surface area contributed by atoms with Gasteiger partial charge in [0.25, 0.3) is 0 Å². The average molecular weight is 269 g/mol. The lowest BCUT2D eigenvalue weighted by atomic mass is 9.90. The van der Waals surface area contributed by atoms with E-state index in [1.54, 1.807) is 14.0 Å². The summed E-state index contributed by atoms with van der Waals surface area (Å²) in [7, 11) is 1.61. The molecule has 0 aliphatic rings. The van der Waals surface area contributed by atoms with Crippen molar-refractivity contribution >= 4 is 5.71 Å². The molecule has 2 aromatic carbocycles. The number of benzene rings is 2. The van der Waals surface area contributed by atoms with Gasteiger partial charge in [-0.1, -0.05) is 59.8 Å². The summed E-state index contributed by atoms with van der Waals surface area (Å²) in [6.07, 6.45) is 0. The van der Waals surface area contributed by atoms with Crippen LogP contribution in [0.15, 0.2) is 59.8 Å². The SMILES string of the molecule is CO[C@@](C)(/C(C)=N\O)c1ccc(-c2ccccc2)cc1. The van der Waals surface area contributed by atoms with Crippen LogP contribution < -0.4 is 0 Å². The number of rotatable bonds is 4. The maximum atomic E-state index is 9.00. The quantitative estimate of drug-likeness (QED) is 0.516. The van der Waals surface area contributed by atoms with Gasteiger partial charge < -0.3 is 9.94 Å². The molecule has 1 N–H and O–H groups in total. The van der Waals surface area contributed by atoms with E-state index in [1.807, 2.05) is 49.4 Å². The molecule has 3 heteroatoms. The molecule has 0 amide bonds. The molecule has 3 nitrogen and oxygen atoms in total. The van der Waals surface area contributed by atoms with Gasteiger partial charge in [-0.3, -0.25) is 0 Å². The largest absolute Gasteiger partial charge is 0.411 e. The number of methoxy groups -OCH3 is 1. The van der Waals surface area contributed by atoms with Crippen LogP contribution in [0.4, 0.5) is 0 Å². The van der Waals surface area contributed by atoms with E-state index >= 15 is 0 Å². The van der Waals surface area contributed by atoms with Crippen molar-refractivity contribution in [3.8, 4) is 11.1 Å². The lowest BCUT2D eigenvalue weighted by Crippen LogP contribution is -2.32. The van der Waals surface area contributed by atoms with Crippen LogP contribution in [0.3, 0.4) is 0 Å². The van der Waals surface area contributed by atoms with Crippen LogP contribution in [-0.4, -0.2) is 18.0 Å². The van der Waals surface area contributed by atoms with E-state index in [1.165, 1.54) is 5.56 Å². The van der Waals surface area contributed by atoms with Gasteiger partial charge in [0.15, 0.2) is 0 Å². The summed E-state index contributed by atoms with van der Waals surface area (Å²) >= 11 is 0. The second-order valence-corrected chi connectivity index (χ2v) is 4.87. The molecule has 0 heterocycles. The fraction of sp³-hybridized carbons (Fsp3) is 0.235. The molecule has 1 atom stereocenters. The van der Waals surface area contributed by atoms with Crippen molar-refractivity contribution in [2.24, 2.45) is 5.16 Å². The maximum Gasteiger partial charge on any atom is 0.131 e. The van der Waals surface area contributed by atoms with Crippen LogP contribution in [0.1, 0.15) is 19.4 Å². The Bertz CT molecular complexity index is 590. The first-order chi connectivity index (χ1) is 9.61. The summed E-state index contributed by atoms with van der Waals surface area (Å²) in [6, 6.07) is 18.3. The molecule has 2 rings (SSSR count). The van der Waals surface area contributed by atoms with E-state index in [9.17, 15) is 0 Å². The molecule has 20 heavy (non-hydrogen) atoms. The number of ether oxygens (including phenoxy) is 1. The number of hydrogen-bond donors (Lipinski definition) is 1. The van der Waals surface area contributed by atoms with Crippen LogP contribution in [0, 0.1) is 0 Å². The van der Waals surface area contributed by atoms with Gasteiger partial charge in [-0.15, -0.1) is 0 Å². The molecular weight excluding hydrogens is 250 g/mol. The first-order valence-corrected chi connectivity index (χ1v) is 6.52. The van der Waals surface area contributed by atoms with Gasteiger partial charge >= 0.3 is 0 Å². The Labute approximate surface area is 119 Å². The summed E-state index contributed by atoms with van der Waals surface area (Å²) in [5.41, 5.74) is 3.07. The minimum atomic E-state index is -0.718. The van der Waals surface area contributed by atoms with Crippen molar-refractivity contribution in [1.82, 2.24) is 0 Å². The monoisotopic (exact) mass is 269 g/mol. The number of hydrogen-bond acceptors (Lipinski definition) is 3. The van der Waals surface area contributed by atoms with Crippen LogP contribution in [0.2, 0.25) is 0 Å². The van der Waals surface area contributed by atoms with Crippen molar-refractivity contribution in [3.63, 3.8) is 0 Å². The second kappa shape index (κ2) is 5.88. The van der Waals surface area contributed by atoms with Gasteiger partial charge in [0, 0.05) is 7.11 Å². The predicted molar refractivity (Wildman–Crippen MR) is 81.1 cm³/mol. The number of oxime groups is 1. The van der Waals surface area contributed by atoms with Crippen LogP contribution in [-0.2, 0) is 10.3 Å². The summed E-state index contributed by atoms with van der Waals surface area (Å²) in [4.78, 5) is 0. The minimum absolute atomic E-state index is 0.521. The predicted octanol–water partition coefficient (Wildman–Crippen LogP) is 4.07. The minimum Gasteiger partial charge on any atom is -0.411 e. The third kappa shape index (κ3) is 2.58. The summed E-state index contributed by atoms with van der Waals surface area (Å²) in [6.45, 7) is 3.63. The van der Waals surface area contributed by atoms with Gasteiger partial charge in [-0.2, -0.15) is 0 Å². The van der Waals surface area contributed by atoms with Crippen LogP contribution in [0.5, 0.6) is 0 Å². The summed E-state index contributed by atoms with van der Waals surface area (Å²) in [5.74, 6) is 0. The Morgan fingerprint density at radius 2 is 1.55 bits per heavy atom. The molecule has 0 unspecified atom stereocenters. The highest BCUT2D eigenvalue weighted by Crippen LogP contribution is 2.29. The Morgan fingerprint density at radius 1 is 1.00 bits per heavy atom. The molecule has 0 aromatic heterocycles. The standard InChI is InChI=1S/C17H19NO2/c1-13(18-19)17(2,20-3)16-11-9-15(10-12-16)14-7-5-4-6-8-14/h4-12,19H,1-3H3/b18-13-/t17-/m0/s1. The van der Waals surface area contributed by atoms with Gasteiger partial charge in [-0.05, 0) is 30.5 Å². The van der Waals surface area contributed by atoms with E-state index < -0.39 is 5.60 Å². The Morgan fingerprint density at radius 3 is 2.05 bits per heavy atom. The van der Waals surface area contributed by atoms with E-state index in [0.717, 1.165) is 11.1 Å². The lowest BCUT2D eigenvalue weighted by Gasteiger charge is -2.27. The fourth-order valence-corrected chi connectivity index (χ4v) is 2.18. The first-order valence-electron chi connectivity index (χ1n) is 6.52. The Balaban J connectivity index is 2.37. The third-order valence-corrected chi connectivity index (χ3v) is 3.79. The van der Waals surface area contributed by atoms with Gasteiger partial charge in [0.05, 0.1) is 5.71 Å². The fourth-order valence-electron chi connectivity index (χ4n) is 2.18. The van der Waals surface area contributed by atoms with Crippen LogP contribution >= 0.6 is 0 Å². The molecular formula is C17H19NO2. The molecule has 0 saturated heterocycles. The Kier molecular flexibility index (Phi) is 4.20. The normalized spacial score (nSPS) is 14.8. The highest BCUT2D eigenvalue weighted by Gasteiger charge is 2.30.